The Hall–Kier alpha value is -1.71. The highest BCUT2D eigenvalue weighted by molar-refractivity contribution is 8.14. The first-order chi connectivity index (χ1) is 12.0. The maximum atomic E-state index is 13.0. The minimum atomic E-state index is -0.220. The van der Waals surface area contributed by atoms with E-state index < -0.39 is 0 Å². The van der Waals surface area contributed by atoms with Gasteiger partial charge in [0.15, 0.2) is 0 Å². The van der Waals surface area contributed by atoms with E-state index in [4.69, 9.17) is 0 Å². The number of hydrogen-bond donors (Lipinski definition) is 0. The van der Waals surface area contributed by atoms with Crippen LogP contribution in [0.15, 0.2) is 76.7 Å². The Balaban J connectivity index is 1.70. The zero-order valence-electron chi connectivity index (χ0n) is 14.4. The molecule has 0 bridgehead atoms. The Labute approximate surface area is 157 Å². The first kappa shape index (κ1) is 16.7. The SMILES string of the molecule is CC1(C)SC2=C(C=C1C(=O)Sc1ccccc1)CCc1ccccc12. The minimum absolute atomic E-state index is 0.161. The first-order valence-electron chi connectivity index (χ1n) is 8.54. The van der Waals surface area contributed by atoms with Crippen molar-refractivity contribution in [2.24, 2.45) is 0 Å². The van der Waals surface area contributed by atoms with Crippen LogP contribution in [0, 0.1) is 0 Å². The van der Waals surface area contributed by atoms with Gasteiger partial charge in [0.1, 0.15) is 0 Å². The quantitative estimate of drug-likeness (QED) is 0.598. The van der Waals surface area contributed by atoms with Crippen LogP contribution in [-0.2, 0) is 11.2 Å². The van der Waals surface area contributed by atoms with Crippen molar-refractivity contribution in [1.29, 1.82) is 0 Å². The second kappa shape index (κ2) is 6.54. The zero-order chi connectivity index (χ0) is 17.4. The number of benzene rings is 2. The third kappa shape index (κ3) is 3.23. The molecule has 0 radical (unpaired) electrons. The van der Waals surface area contributed by atoms with E-state index >= 15 is 0 Å². The fourth-order valence-corrected chi connectivity index (χ4v) is 5.76. The molecule has 0 amide bonds. The molecule has 25 heavy (non-hydrogen) atoms. The predicted octanol–water partition coefficient (Wildman–Crippen LogP) is 6.11. The van der Waals surface area contributed by atoms with E-state index in [2.05, 4.69) is 44.2 Å². The molecule has 0 unspecified atom stereocenters. The fourth-order valence-electron chi connectivity index (χ4n) is 3.39. The monoisotopic (exact) mass is 364 g/mol. The molecule has 0 aromatic heterocycles. The number of allylic oxidation sites excluding steroid dienone is 2. The van der Waals surface area contributed by atoms with Gasteiger partial charge in [-0.25, -0.2) is 0 Å². The summed E-state index contributed by atoms with van der Waals surface area (Å²) in [6.07, 6.45) is 4.24. The summed E-state index contributed by atoms with van der Waals surface area (Å²) in [7, 11) is 0. The van der Waals surface area contributed by atoms with E-state index in [1.54, 1.807) is 0 Å². The number of hydrogen-bond acceptors (Lipinski definition) is 3. The maximum absolute atomic E-state index is 13.0. The molecule has 3 heteroatoms. The van der Waals surface area contributed by atoms with Crippen molar-refractivity contribution in [3.8, 4) is 0 Å². The smallest absolute Gasteiger partial charge is 0.221 e. The van der Waals surface area contributed by atoms with Crippen molar-refractivity contribution < 1.29 is 4.79 Å². The average molecular weight is 365 g/mol. The first-order valence-corrected chi connectivity index (χ1v) is 10.2. The van der Waals surface area contributed by atoms with Crippen LogP contribution in [0.3, 0.4) is 0 Å². The van der Waals surface area contributed by atoms with Crippen LogP contribution >= 0.6 is 23.5 Å². The summed E-state index contributed by atoms with van der Waals surface area (Å²) in [6.45, 7) is 4.32. The van der Waals surface area contributed by atoms with Gasteiger partial charge >= 0.3 is 0 Å². The van der Waals surface area contributed by atoms with Gasteiger partial charge in [-0.3, -0.25) is 4.79 Å². The molecule has 0 saturated heterocycles. The van der Waals surface area contributed by atoms with Gasteiger partial charge in [-0.1, -0.05) is 42.5 Å². The van der Waals surface area contributed by atoms with Crippen molar-refractivity contribution in [2.75, 3.05) is 0 Å². The third-order valence-electron chi connectivity index (χ3n) is 4.72. The molecule has 0 fully saturated rings. The van der Waals surface area contributed by atoms with E-state index in [9.17, 15) is 4.79 Å². The highest BCUT2D eigenvalue weighted by Gasteiger charge is 2.36. The number of aryl methyl sites for hydroxylation is 1. The molecule has 1 heterocycles. The summed E-state index contributed by atoms with van der Waals surface area (Å²) >= 11 is 3.17. The molecule has 0 spiro atoms. The van der Waals surface area contributed by atoms with Gasteiger partial charge in [0.25, 0.3) is 0 Å². The zero-order valence-corrected chi connectivity index (χ0v) is 16.0. The third-order valence-corrected chi connectivity index (χ3v) is 7.05. The molecule has 1 aliphatic heterocycles. The number of carbonyl (C=O) groups is 1. The van der Waals surface area contributed by atoms with Gasteiger partial charge in [0, 0.05) is 20.1 Å². The van der Waals surface area contributed by atoms with Gasteiger partial charge in [-0.15, -0.1) is 11.8 Å². The summed E-state index contributed by atoms with van der Waals surface area (Å²) in [5.74, 6) is 0. The Morgan fingerprint density at radius 1 is 1.00 bits per heavy atom. The van der Waals surface area contributed by atoms with Gasteiger partial charge in [-0.2, -0.15) is 0 Å². The summed E-state index contributed by atoms with van der Waals surface area (Å²) < 4.78 is -0.220. The van der Waals surface area contributed by atoms with E-state index in [0.717, 1.165) is 23.3 Å². The number of rotatable bonds is 2. The Kier molecular flexibility index (Phi) is 4.38. The van der Waals surface area contributed by atoms with Crippen LogP contribution in [0.25, 0.3) is 4.91 Å². The van der Waals surface area contributed by atoms with Crippen LogP contribution in [-0.4, -0.2) is 9.86 Å². The molecule has 0 N–H and O–H groups in total. The Bertz CT molecular complexity index is 891. The Morgan fingerprint density at radius 3 is 2.52 bits per heavy atom. The second-order valence-corrected chi connectivity index (χ2v) is 9.56. The number of thioether (sulfide) groups is 2. The van der Waals surface area contributed by atoms with E-state index in [0.29, 0.717) is 0 Å². The van der Waals surface area contributed by atoms with Crippen molar-refractivity contribution in [3.05, 3.63) is 82.9 Å². The van der Waals surface area contributed by atoms with Crippen LogP contribution in [0.2, 0.25) is 0 Å². The Morgan fingerprint density at radius 2 is 1.72 bits per heavy atom. The molecule has 0 saturated carbocycles. The van der Waals surface area contributed by atoms with Crippen molar-refractivity contribution in [3.63, 3.8) is 0 Å². The van der Waals surface area contributed by atoms with E-state index in [1.165, 1.54) is 33.4 Å². The lowest BCUT2D eigenvalue weighted by atomic mass is 9.89. The molecule has 1 aliphatic carbocycles. The summed E-state index contributed by atoms with van der Waals surface area (Å²) in [5, 5.41) is 0.161. The van der Waals surface area contributed by atoms with Crippen LogP contribution in [0.4, 0.5) is 0 Å². The van der Waals surface area contributed by atoms with Crippen molar-refractivity contribution in [1.82, 2.24) is 0 Å². The lowest BCUT2D eigenvalue weighted by Crippen LogP contribution is -2.27. The number of carbonyl (C=O) groups excluding carboxylic acids is 1. The van der Waals surface area contributed by atoms with Gasteiger partial charge in [0.2, 0.25) is 5.12 Å². The molecule has 1 nitrogen and oxygen atoms in total. The molecular formula is C22H20OS2. The molecular weight excluding hydrogens is 344 g/mol. The molecule has 2 aliphatic rings. The minimum Gasteiger partial charge on any atom is -0.281 e. The van der Waals surface area contributed by atoms with Gasteiger partial charge in [0.05, 0.1) is 0 Å². The van der Waals surface area contributed by atoms with Crippen LogP contribution < -0.4 is 0 Å². The van der Waals surface area contributed by atoms with E-state index in [1.807, 2.05) is 42.1 Å². The normalized spacial score (nSPS) is 18.2. The molecule has 4 rings (SSSR count). The van der Waals surface area contributed by atoms with Crippen molar-refractivity contribution in [2.45, 2.75) is 36.3 Å². The van der Waals surface area contributed by atoms with Gasteiger partial charge in [-0.05, 0) is 73.4 Å². The summed E-state index contributed by atoms with van der Waals surface area (Å²) in [4.78, 5) is 15.3. The van der Waals surface area contributed by atoms with Crippen molar-refractivity contribution >= 4 is 33.5 Å². The lowest BCUT2D eigenvalue weighted by molar-refractivity contribution is -0.108. The summed E-state index contributed by atoms with van der Waals surface area (Å²) in [5.41, 5.74) is 5.01. The maximum Gasteiger partial charge on any atom is 0.221 e. The topological polar surface area (TPSA) is 17.1 Å². The fraction of sp³-hybridized carbons (Fsp3) is 0.227. The highest BCUT2D eigenvalue weighted by atomic mass is 32.2. The second-order valence-electron chi connectivity index (χ2n) is 6.88. The van der Waals surface area contributed by atoms with Gasteiger partial charge < -0.3 is 0 Å². The highest BCUT2D eigenvalue weighted by Crippen LogP contribution is 2.52. The van der Waals surface area contributed by atoms with Crippen LogP contribution in [0.5, 0.6) is 0 Å². The molecule has 2 aromatic rings. The number of fused-ring (bicyclic) bond motifs is 2. The molecule has 126 valence electrons. The van der Waals surface area contributed by atoms with E-state index in [-0.39, 0.29) is 9.86 Å². The van der Waals surface area contributed by atoms with Crippen LogP contribution in [0.1, 0.15) is 31.4 Å². The molecule has 2 aromatic carbocycles. The summed E-state index contributed by atoms with van der Waals surface area (Å²) in [6, 6.07) is 18.6. The molecule has 0 atom stereocenters. The lowest BCUT2D eigenvalue weighted by Gasteiger charge is -2.35. The predicted molar refractivity (Wildman–Crippen MR) is 109 cm³/mol. The standard InChI is InChI=1S/C22H20OS2/c1-22(2)19(21(23)24-17-9-4-3-5-10-17)14-16-13-12-15-8-6-7-11-18(15)20(16)25-22/h3-11,14H,12-13H2,1-2H3. The largest absolute Gasteiger partial charge is 0.281 e. The average Bonchev–Trinajstić information content (AvgIpc) is 2.61.